The SMILES string of the molecule is CCCOc1cc(=O)n(C)cc1-c1cnn(Cc2ccccc2)c1. The maximum Gasteiger partial charge on any atom is 0.254 e. The van der Waals surface area contributed by atoms with Crippen LogP contribution in [0.25, 0.3) is 11.1 Å². The summed E-state index contributed by atoms with van der Waals surface area (Å²) in [7, 11) is 1.74. The maximum atomic E-state index is 11.9. The van der Waals surface area contributed by atoms with E-state index in [1.807, 2.05) is 42.2 Å². The highest BCUT2D eigenvalue weighted by Gasteiger charge is 2.11. The zero-order valence-corrected chi connectivity index (χ0v) is 14.0. The molecule has 0 N–H and O–H groups in total. The van der Waals surface area contributed by atoms with E-state index < -0.39 is 0 Å². The van der Waals surface area contributed by atoms with E-state index in [-0.39, 0.29) is 5.56 Å². The number of rotatable bonds is 6. The highest BCUT2D eigenvalue weighted by atomic mass is 16.5. The third-order valence-corrected chi connectivity index (χ3v) is 3.78. The molecule has 0 aliphatic rings. The predicted molar refractivity (Wildman–Crippen MR) is 94.2 cm³/mol. The van der Waals surface area contributed by atoms with E-state index >= 15 is 0 Å². The molecular weight excluding hydrogens is 302 g/mol. The maximum absolute atomic E-state index is 11.9. The average Bonchev–Trinajstić information content (AvgIpc) is 3.04. The summed E-state index contributed by atoms with van der Waals surface area (Å²) < 4.78 is 9.20. The molecule has 0 amide bonds. The van der Waals surface area contributed by atoms with Crippen LogP contribution in [0.3, 0.4) is 0 Å². The van der Waals surface area contributed by atoms with Gasteiger partial charge in [-0.2, -0.15) is 5.10 Å². The van der Waals surface area contributed by atoms with Crippen molar-refractivity contribution in [2.45, 2.75) is 19.9 Å². The molecule has 3 aromatic rings. The van der Waals surface area contributed by atoms with Gasteiger partial charge >= 0.3 is 0 Å². The van der Waals surface area contributed by atoms with Crippen molar-refractivity contribution in [3.63, 3.8) is 0 Å². The third kappa shape index (κ3) is 3.56. The van der Waals surface area contributed by atoms with Gasteiger partial charge in [0, 0.05) is 36.6 Å². The van der Waals surface area contributed by atoms with Crippen molar-refractivity contribution in [3.8, 4) is 16.9 Å². The lowest BCUT2D eigenvalue weighted by molar-refractivity contribution is 0.317. The molecule has 0 fully saturated rings. The van der Waals surface area contributed by atoms with Crippen LogP contribution in [0.2, 0.25) is 0 Å². The summed E-state index contributed by atoms with van der Waals surface area (Å²) in [4.78, 5) is 11.9. The molecule has 2 aromatic heterocycles. The molecule has 1 aromatic carbocycles. The summed E-state index contributed by atoms with van der Waals surface area (Å²) in [6.07, 6.45) is 6.48. The van der Waals surface area contributed by atoms with E-state index in [1.54, 1.807) is 23.9 Å². The molecule has 0 spiro atoms. The monoisotopic (exact) mass is 323 g/mol. The topological polar surface area (TPSA) is 49.1 Å². The Labute approximate surface area is 141 Å². The standard InChI is InChI=1S/C19H21N3O2/c1-3-9-24-18-10-19(23)21(2)14-17(18)16-11-20-22(13-16)12-15-7-5-4-6-8-15/h4-8,10-11,13-14H,3,9,12H2,1-2H3. The molecule has 0 aliphatic carbocycles. The van der Waals surface area contributed by atoms with Crippen molar-refractivity contribution < 1.29 is 4.74 Å². The zero-order valence-electron chi connectivity index (χ0n) is 14.0. The molecule has 0 atom stereocenters. The molecule has 0 unspecified atom stereocenters. The van der Waals surface area contributed by atoms with Crippen LogP contribution < -0.4 is 10.3 Å². The van der Waals surface area contributed by atoms with Gasteiger partial charge in [0.25, 0.3) is 5.56 Å². The summed E-state index contributed by atoms with van der Waals surface area (Å²) in [6, 6.07) is 11.7. The fourth-order valence-corrected chi connectivity index (χ4v) is 2.52. The number of pyridine rings is 1. The van der Waals surface area contributed by atoms with E-state index in [9.17, 15) is 4.79 Å². The summed E-state index contributed by atoms with van der Waals surface area (Å²) in [6.45, 7) is 3.33. The minimum absolute atomic E-state index is 0.0819. The Kier molecular flexibility index (Phi) is 4.79. The van der Waals surface area contributed by atoms with Crippen LogP contribution in [0, 0.1) is 0 Å². The van der Waals surface area contributed by atoms with Gasteiger partial charge < -0.3 is 9.30 Å². The average molecular weight is 323 g/mol. The lowest BCUT2D eigenvalue weighted by atomic mass is 10.1. The lowest BCUT2D eigenvalue weighted by Crippen LogP contribution is -2.16. The van der Waals surface area contributed by atoms with Crippen molar-refractivity contribution in [2.24, 2.45) is 7.05 Å². The molecular formula is C19H21N3O2. The smallest absolute Gasteiger partial charge is 0.254 e. The summed E-state index contributed by atoms with van der Waals surface area (Å²) in [5.74, 6) is 0.610. The highest BCUT2D eigenvalue weighted by Crippen LogP contribution is 2.28. The highest BCUT2D eigenvalue weighted by molar-refractivity contribution is 5.68. The number of aryl methyl sites for hydroxylation is 1. The van der Waals surface area contributed by atoms with Gasteiger partial charge in [0.2, 0.25) is 0 Å². The summed E-state index contributed by atoms with van der Waals surface area (Å²) in [5, 5.41) is 4.44. The number of hydrogen-bond donors (Lipinski definition) is 0. The lowest BCUT2D eigenvalue weighted by Gasteiger charge is -2.11. The quantitative estimate of drug-likeness (QED) is 0.700. The van der Waals surface area contributed by atoms with Crippen LogP contribution in [-0.2, 0) is 13.6 Å². The van der Waals surface area contributed by atoms with Gasteiger partial charge in [-0.25, -0.2) is 0 Å². The van der Waals surface area contributed by atoms with Crippen molar-refractivity contribution in [3.05, 3.63) is 70.9 Å². The minimum Gasteiger partial charge on any atom is -0.493 e. The third-order valence-electron chi connectivity index (χ3n) is 3.78. The van der Waals surface area contributed by atoms with Crippen molar-refractivity contribution in [2.75, 3.05) is 6.61 Å². The van der Waals surface area contributed by atoms with Gasteiger partial charge in [0.15, 0.2) is 0 Å². The zero-order chi connectivity index (χ0) is 16.9. The first-order valence-corrected chi connectivity index (χ1v) is 8.07. The number of hydrogen-bond acceptors (Lipinski definition) is 3. The fourth-order valence-electron chi connectivity index (χ4n) is 2.52. The van der Waals surface area contributed by atoms with Gasteiger partial charge in [-0.3, -0.25) is 9.48 Å². The fraction of sp³-hybridized carbons (Fsp3) is 0.263. The summed E-state index contributed by atoms with van der Waals surface area (Å²) >= 11 is 0. The van der Waals surface area contributed by atoms with E-state index in [0.29, 0.717) is 18.9 Å². The Hall–Kier alpha value is -2.82. The molecule has 3 rings (SSSR count). The molecule has 0 radical (unpaired) electrons. The van der Waals surface area contributed by atoms with Gasteiger partial charge in [-0.1, -0.05) is 37.3 Å². The van der Waals surface area contributed by atoms with Gasteiger partial charge in [-0.15, -0.1) is 0 Å². The van der Waals surface area contributed by atoms with Gasteiger partial charge in [0.05, 0.1) is 19.3 Å². The molecule has 0 aliphatic heterocycles. The number of nitrogens with zero attached hydrogens (tertiary/aromatic N) is 3. The first-order chi connectivity index (χ1) is 11.7. The van der Waals surface area contributed by atoms with Crippen LogP contribution in [0.1, 0.15) is 18.9 Å². The molecule has 124 valence electrons. The van der Waals surface area contributed by atoms with Crippen molar-refractivity contribution in [1.82, 2.24) is 14.3 Å². The van der Waals surface area contributed by atoms with Crippen LogP contribution in [0.5, 0.6) is 5.75 Å². The van der Waals surface area contributed by atoms with E-state index in [2.05, 4.69) is 17.2 Å². The van der Waals surface area contributed by atoms with Crippen LogP contribution in [0.4, 0.5) is 0 Å². The minimum atomic E-state index is -0.0819. The van der Waals surface area contributed by atoms with Gasteiger partial charge in [0.1, 0.15) is 5.75 Å². The predicted octanol–water partition coefficient (Wildman–Crippen LogP) is 3.09. The Morgan fingerprint density at radius 3 is 2.71 bits per heavy atom. The second kappa shape index (κ2) is 7.17. The molecule has 0 saturated heterocycles. The largest absolute Gasteiger partial charge is 0.493 e. The van der Waals surface area contributed by atoms with E-state index in [4.69, 9.17) is 4.74 Å². The second-order valence-corrected chi connectivity index (χ2v) is 5.76. The van der Waals surface area contributed by atoms with Crippen LogP contribution >= 0.6 is 0 Å². The van der Waals surface area contributed by atoms with Crippen molar-refractivity contribution >= 4 is 0 Å². The molecule has 2 heterocycles. The van der Waals surface area contributed by atoms with E-state index in [1.165, 1.54) is 5.56 Å². The molecule has 24 heavy (non-hydrogen) atoms. The Morgan fingerprint density at radius 1 is 1.17 bits per heavy atom. The van der Waals surface area contributed by atoms with Gasteiger partial charge in [-0.05, 0) is 12.0 Å². The van der Waals surface area contributed by atoms with Crippen LogP contribution in [0.15, 0.2) is 59.8 Å². The number of ether oxygens (including phenoxy) is 1. The van der Waals surface area contributed by atoms with E-state index in [0.717, 1.165) is 17.5 Å². The van der Waals surface area contributed by atoms with Crippen molar-refractivity contribution in [1.29, 1.82) is 0 Å². The Morgan fingerprint density at radius 2 is 1.96 bits per heavy atom. The first kappa shape index (κ1) is 16.1. The Balaban J connectivity index is 1.91. The molecule has 5 heteroatoms. The number of aromatic nitrogens is 3. The Bertz CT molecular complexity index is 866. The first-order valence-electron chi connectivity index (χ1n) is 8.07. The normalized spacial score (nSPS) is 10.8. The summed E-state index contributed by atoms with van der Waals surface area (Å²) in [5.41, 5.74) is 2.93. The van der Waals surface area contributed by atoms with Crippen LogP contribution in [-0.4, -0.2) is 21.0 Å². The molecule has 0 saturated carbocycles. The molecule has 0 bridgehead atoms. The second-order valence-electron chi connectivity index (χ2n) is 5.76. The number of benzene rings is 1. The molecule has 5 nitrogen and oxygen atoms in total.